The van der Waals surface area contributed by atoms with E-state index in [2.05, 4.69) is 9.72 Å². The van der Waals surface area contributed by atoms with Gasteiger partial charge in [-0.3, -0.25) is 0 Å². The first kappa shape index (κ1) is 14.2. The first-order valence-electron chi connectivity index (χ1n) is 4.03. The number of pyridine rings is 1. The number of ether oxygens (including phenoxy) is 1. The molecule has 0 aromatic carbocycles. The molecule has 1 aromatic rings. The van der Waals surface area contributed by atoms with E-state index < -0.39 is 40.7 Å². The van der Waals surface area contributed by atoms with Gasteiger partial charge in [0.25, 0.3) is 6.43 Å². The molecule has 0 saturated carbocycles. The van der Waals surface area contributed by atoms with Gasteiger partial charge in [-0.15, -0.1) is 24.8 Å². The van der Waals surface area contributed by atoms with Gasteiger partial charge in [-0.2, -0.15) is 0 Å². The van der Waals surface area contributed by atoms with Crippen molar-refractivity contribution < 1.29 is 26.7 Å². The molecule has 0 aliphatic carbocycles. The summed E-state index contributed by atoms with van der Waals surface area (Å²) in [6.45, 7) is 0. The van der Waals surface area contributed by atoms with Gasteiger partial charge in [0, 0.05) is 17.3 Å². The van der Waals surface area contributed by atoms with E-state index in [0.29, 0.717) is 6.20 Å². The molecule has 0 unspecified atom stereocenters. The van der Waals surface area contributed by atoms with E-state index >= 15 is 0 Å². The summed E-state index contributed by atoms with van der Waals surface area (Å²) >= 11 is 10.7. The Bertz CT molecular complexity index is 410. The smallest absolute Gasteiger partial charge is 0.402 e. The molecule has 0 bridgehead atoms. The molecule has 96 valence electrons. The molecule has 0 aliphatic heterocycles. The van der Waals surface area contributed by atoms with Crippen LogP contribution in [0.5, 0.6) is 5.75 Å². The second-order valence-corrected chi connectivity index (χ2v) is 3.42. The maximum absolute atomic E-state index is 12.5. The summed E-state index contributed by atoms with van der Waals surface area (Å²) in [5, 5.41) is -0.678. The monoisotopic (exact) mass is 295 g/mol. The van der Waals surface area contributed by atoms with Crippen LogP contribution in [0.2, 0.25) is 5.15 Å². The van der Waals surface area contributed by atoms with E-state index in [9.17, 15) is 22.0 Å². The predicted molar refractivity (Wildman–Crippen MR) is 50.4 cm³/mol. The van der Waals surface area contributed by atoms with Gasteiger partial charge in [-0.05, 0) is 0 Å². The van der Waals surface area contributed by atoms with Gasteiger partial charge in [0.1, 0.15) is 0 Å². The molecule has 1 heterocycles. The lowest BCUT2D eigenvalue weighted by Crippen LogP contribution is -2.19. The average molecular weight is 296 g/mol. The van der Waals surface area contributed by atoms with E-state index in [4.69, 9.17) is 23.2 Å². The number of nitrogens with zero attached hydrogens (tertiary/aromatic N) is 1. The lowest BCUT2D eigenvalue weighted by Gasteiger charge is -2.15. The molecular formula is C8H4Cl2F5NO. The summed E-state index contributed by atoms with van der Waals surface area (Å²) in [7, 11) is 0. The third-order valence-corrected chi connectivity index (χ3v) is 2.25. The van der Waals surface area contributed by atoms with Crippen LogP contribution < -0.4 is 4.74 Å². The fraction of sp³-hybridized carbons (Fsp3) is 0.375. The summed E-state index contributed by atoms with van der Waals surface area (Å²) < 4.78 is 64.6. The molecule has 0 amide bonds. The topological polar surface area (TPSA) is 22.1 Å². The Morgan fingerprint density at radius 3 is 2.35 bits per heavy atom. The summed E-state index contributed by atoms with van der Waals surface area (Å²) in [6.07, 6.45) is -7.43. The van der Waals surface area contributed by atoms with Crippen molar-refractivity contribution in [3.8, 4) is 5.75 Å². The number of halogens is 7. The van der Waals surface area contributed by atoms with Crippen LogP contribution in [0.15, 0.2) is 6.20 Å². The maximum atomic E-state index is 12.5. The maximum Gasteiger partial charge on any atom is 0.573 e. The summed E-state index contributed by atoms with van der Waals surface area (Å²) in [5.74, 6) is -1.60. The molecule has 0 radical (unpaired) electrons. The highest BCUT2D eigenvalue weighted by atomic mass is 35.5. The molecular weight excluding hydrogens is 292 g/mol. The molecule has 0 saturated heterocycles. The van der Waals surface area contributed by atoms with Crippen LogP contribution in [0, 0.1) is 0 Å². The van der Waals surface area contributed by atoms with Crippen molar-refractivity contribution in [2.24, 2.45) is 0 Å². The van der Waals surface area contributed by atoms with Gasteiger partial charge < -0.3 is 4.74 Å². The van der Waals surface area contributed by atoms with Gasteiger partial charge in [-0.25, -0.2) is 13.8 Å². The fourth-order valence-corrected chi connectivity index (χ4v) is 1.54. The lowest BCUT2D eigenvalue weighted by atomic mass is 10.1. The minimum atomic E-state index is -5.06. The van der Waals surface area contributed by atoms with E-state index in [-0.39, 0.29) is 0 Å². The Labute approximate surface area is 102 Å². The normalized spacial score (nSPS) is 12.0. The third-order valence-electron chi connectivity index (χ3n) is 1.71. The van der Waals surface area contributed by atoms with Gasteiger partial charge >= 0.3 is 6.36 Å². The molecule has 0 spiro atoms. The van der Waals surface area contributed by atoms with Gasteiger partial charge in [0.2, 0.25) is 0 Å². The predicted octanol–water partition coefficient (Wildman–Crippen LogP) is 4.31. The Morgan fingerprint density at radius 1 is 1.35 bits per heavy atom. The highest BCUT2D eigenvalue weighted by Gasteiger charge is 2.34. The SMILES string of the molecule is FC(F)c1cnc(Cl)c(OC(F)(F)F)c1CCl. The number of aromatic nitrogens is 1. The largest absolute Gasteiger partial charge is 0.573 e. The zero-order valence-corrected chi connectivity index (χ0v) is 9.37. The van der Waals surface area contributed by atoms with E-state index in [1.165, 1.54) is 0 Å². The van der Waals surface area contributed by atoms with Crippen molar-refractivity contribution in [2.75, 3.05) is 0 Å². The molecule has 0 atom stereocenters. The number of alkyl halides is 6. The van der Waals surface area contributed by atoms with Crippen LogP contribution in [-0.4, -0.2) is 11.3 Å². The molecule has 0 fully saturated rings. The molecule has 9 heteroatoms. The first-order chi connectivity index (χ1) is 7.76. The third kappa shape index (κ3) is 3.57. The molecule has 1 rings (SSSR count). The van der Waals surface area contributed by atoms with Crippen molar-refractivity contribution in [1.82, 2.24) is 4.98 Å². The molecule has 1 aromatic heterocycles. The van der Waals surface area contributed by atoms with Crippen LogP contribution in [0.3, 0.4) is 0 Å². The fourth-order valence-electron chi connectivity index (χ4n) is 1.06. The van der Waals surface area contributed by atoms with Crippen LogP contribution in [0.4, 0.5) is 22.0 Å². The Balaban J connectivity index is 3.30. The first-order valence-corrected chi connectivity index (χ1v) is 4.94. The molecule has 0 aliphatic rings. The van der Waals surface area contributed by atoms with Crippen LogP contribution in [0.1, 0.15) is 17.6 Å². The van der Waals surface area contributed by atoms with E-state index in [1.54, 1.807) is 0 Å². The highest BCUT2D eigenvalue weighted by molar-refractivity contribution is 6.31. The summed E-state index contributed by atoms with van der Waals surface area (Å²) in [4.78, 5) is 3.19. The van der Waals surface area contributed by atoms with Crippen molar-refractivity contribution in [3.63, 3.8) is 0 Å². The highest BCUT2D eigenvalue weighted by Crippen LogP contribution is 2.37. The lowest BCUT2D eigenvalue weighted by molar-refractivity contribution is -0.275. The zero-order valence-electron chi connectivity index (χ0n) is 7.86. The summed E-state index contributed by atoms with van der Waals surface area (Å²) in [5.41, 5.74) is -1.28. The number of hydrogen-bond donors (Lipinski definition) is 0. The number of hydrogen-bond acceptors (Lipinski definition) is 2. The van der Waals surface area contributed by atoms with Gasteiger partial charge in [-0.1, -0.05) is 11.6 Å². The minimum absolute atomic E-state index is 0.529. The second-order valence-electron chi connectivity index (χ2n) is 2.79. The van der Waals surface area contributed by atoms with Crippen molar-refractivity contribution in [2.45, 2.75) is 18.7 Å². The van der Waals surface area contributed by atoms with Crippen molar-refractivity contribution >= 4 is 23.2 Å². The van der Waals surface area contributed by atoms with Crippen LogP contribution in [0.25, 0.3) is 0 Å². The standard InChI is InChI=1S/C8H4Cl2F5NO/c9-1-3-4(7(11)12)2-16-6(10)5(3)17-8(13,14)15/h2,7H,1H2. The van der Waals surface area contributed by atoms with Crippen LogP contribution in [-0.2, 0) is 5.88 Å². The Morgan fingerprint density at radius 2 is 1.94 bits per heavy atom. The van der Waals surface area contributed by atoms with E-state index in [0.717, 1.165) is 0 Å². The Hall–Kier alpha value is -0.820. The van der Waals surface area contributed by atoms with Crippen molar-refractivity contribution in [1.29, 1.82) is 0 Å². The quantitative estimate of drug-likeness (QED) is 0.471. The molecule has 17 heavy (non-hydrogen) atoms. The van der Waals surface area contributed by atoms with Crippen LogP contribution >= 0.6 is 23.2 Å². The minimum Gasteiger partial charge on any atom is -0.402 e. The zero-order chi connectivity index (χ0) is 13.2. The Kier molecular flexibility index (Phi) is 4.37. The molecule has 2 nitrogen and oxygen atoms in total. The summed E-state index contributed by atoms with van der Waals surface area (Å²) in [6, 6.07) is 0. The second kappa shape index (κ2) is 5.22. The number of rotatable bonds is 3. The average Bonchev–Trinajstić information content (AvgIpc) is 2.18. The van der Waals surface area contributed by atoms with E-state index in [1.807, 2.05) is 0 Å². The van der Waals surface area contributed by atoms with Crippen molar-refractivity contribution in [3.05, 3.63) is 22.5 Å². The van der Waals surface area contributed by atoms with Gasteiger partial charge in [0.15, 0.2) is 10.9 Å². The molecule has 0 N–H and O–H groups in total. The van der Waals surface area contributed by atoms with Gasteiger partial charge in [0.05, 0.1) is 5.88 Å².